The summed E-state index contributed by atoms with van der Waals surface area (Å²) >= 11 is 0. The summed E-state index contributed by atoms with van der Waals surface area (Å²) in [5.41, 5.74) is 2.12. The maximum atomic E-state index is 13.0. The molecule has 0 saturated heterocycles. The molecule has 5 nitrogen and oxygen atoms in total. The van der Waals surface area contributed by atoms with Gasteiger partial charge in [-0.15, -0.1) is 0 Å². The Hall–Kier alpha value is -1.88. The first kappa shape index (κ1) is 20.4. The average Bonchev–Trinajstić information content (AvgIpc) is 2.66. The number of carbonyl (C=O) groups is 2. The van der Waals surface area contributed by atoms with Crippen LogP contribution in [-0.4, -0.2) is 38.6 Å². The topological polar surface area (TPSA) is 58.6 Å². The predicted octanol–water partition coefficient (Wildman–Crippen LogP) is 3.31. The molecule has 1 aromatic carbocycles. The van der Waals surface area contributed by atoms with E-state index in [2.05, 4.69) is 11.4 Å². The van der Waals surface area contributed by atoms with Gasteiger partial charge in [0.15, 0.2) is 0 Å². The van der Waals surface area contributed by atoms with Crippen LogP contribution in [0.25, 0.3) is 0 Å². The van der Waals surface area contributed by atoms with Crippen molar-refractivity contribution in [3.63, 3.8) is 0 Å². The fraction of sp³-hybridized carbons (Fsp3) is 0.619. The van der Waals surface area contributed by atoms with Crippen LogP contribution in [0, 0.1) is 18.8 Å². The van der Waals surface area contributed by atoms with Gasteiger partial charge in [-0.25, -0.2) is 0 Å². The molecule has 144 valence electrons. The summed E-state index contributed by atoms with van der Waals surface area (Å²) in [6.07, 6.45) is 3.99. The van der Waals surface area contributed by atoms with Crippen molar-refractivity contribution in [3.8, 4) is 0 Å². The maximum Gasteiger partial charge on any atom is 0.230 e. The Morgan fingerprint density at radius 3 is 2.50 bits per heavy atom. The number of methoxy groups -OCH3 is 1. The van der Waals surface area contributed by atoms with Crippen LogP contribution in [0.5, 0.6) is 0 Å². The summed E-state index contributed by atoms with van der Waals surface area (Å²) in [6, 6.07) is 8.08. The van der Waals surface area contributed by atoms with Crippen molar-refractivity contribution in [3.05, 3.63) is 29.8 Å². The molecule has 0 heterocycles. The van der Waals surface area contributed by atoms with Gasteiger partial charge >= 0.3 is 0 Å². The first-order chi connectivity index (χ1) is 12.6. The van der Waals surface area contributed by atoms with Crippen LogP contribution in [0.1, 0.15) is 44.6 Å². The number of benzene rings is 1. The SMILES string of the molecule is CCN(C(=O)C1CCC(C(=O)NCCCOC)CC1)c1cccc(C)c1. The normalized spacial score (nSPS) is 19.8. The van der Waals surface area contributed by atoms with Crippen LogP contribution in [0.3, 0.4) is 0 Å². The lowest BCUT2D eigenvalue weighted by Crippen LogP contribution is -2.40. The summed E-state index contributed by atoms with van der Waals surface area (Å²) in [5, 5.41) is 2.98. The molecule has 1 N–H and O–H groups in total. The van der Waals surface area contributed by atoms with E-state index in [4.69, 9.17) is 4.74 Å². The lowest BCUT2D eigenvalue weighted by Gasteiger charge is -2.31. The van der Waals surface area contributed by atoms with Gasteiger partial charge in [-0.2, -0.15) is 0 Å². The molecule has 0 unspecified atom stereocenters. The predicted molar refractivity (Wildman–Crippen MR) is 104 cm³/mol. The van der Waals surface area contributed by atoms with E-state index >= 15 is 0 Å². The monoisotopic (exact) mass is 360 g/mol. The first-order valence-corrected chi connectivity index (χ1v) is 9.71. The summed E-state index contributed by atoms with van der Waals surface area (Å²) in [4.78, 5) is 27.1. The molecule has 1 saturated carbocycles. The van der Waals surface area contributed by atoms with Gasteiger partial charge in [-0.1, -0.05) is 12.1 Å². The second-order valence-corrected chi connectivity index (χ2v) is 7.11. The second kappa shape index (κ2) is 10.3. The lowest BCUT2D eigenvalue weighted by atomic mass is 9.80. The fourth-order valence-corrected chi connectivity index (χ4v) is 3.66. The highest BCUT2D eigenvalue weighted by atomic mass is 16.5. The molecule has 0 aliphatic heterocycles. The molecule has 0 atom stereocenters. The van der Waals surface area contributed by atoms with Crippen LogP contribution in [-0.2, 0) is 14.3 Å². The van der Waals surface area contributed by atoms with E-state index in [0.717, 1.165) is 43.4 Å². The number of nitrogens with zero attached hydrogens (tertiary/aromatic N) is 1. The van der Waals surface area contributed by atoms with E-state index in [1.54, 1.807) is 7.11 Å². The van der Waals surface area contributed by atoms with Crippen molar-refractivity contribution in [1.29, 1.82) is 0 Å². The van der Waals surface area contributed by atoms with Crippen LogP contribution in [0.4, 0.5) is 5.69 Å². The van der Waals surface area contributed by atoms with Crippen molar-refractivity contribution in [2.75, 3.05) is 31.7 Å². The van der Waals surface area contributed by atoms with Gasteiger partial charge in [-0.05, 0) is 63.6 Å². The van der Waals surface area contributed by atoms with Crippen LogP contribution < -0.4 is 10.2 Å². The van der Waals surface area contributed by atoms with Crippen molar-refractivity contribution in [2.45, 2.75) is 46.0 Å². The third-order valence-corrected chi connectivity index (χ3v) is 5.17. The van der Waals surface area contributed by atoms with Crippen molar-refractivity contribution >= 4 is 17.5 Å². The largest absolute Gasteiger partial charge is 0.385 e. The molecule has 1 fully saturated rings. The zero-order valence-electron chi connectivity index (χ0n) is 16.3. The smallest absolute Gasteiger partial charge is 0.230 e. The van der Waals surface area contributed by atoms with Crippen molar-refractivity contribution in [2.24, 2.45) is 11.8 Å². The Kier molecular flexibility index (Phi) is 8.10. The van der Waals surface area contributed by atoms with E-state index in [0.29, 0.717) is 19.7 Å². The van der Waals surface area contributed by atoms with Crippen molar-refractivity contribution < 1.29 is 14.3 Å². The Labute approximate surface area is 157 Å². The summed E-state index contributed by atoms with van der Waals surface area (Å²) < 4.78 is 4.99. The highest BCUT2D eigenvalue weighted by molar-refractivity contribution is 5.95. The second-order valence-electron chi connectivity index (χ2n) is 7.11. The molecular weight excluding hydrogens is 328 g/mol. The summed E-state index contributed by atoms with van der Waals surface area (Å²) in [6.45, 7) is 6.04. The number of ether oxygens (including phenoxy) is 1. The zero-order valence-corrected chi connectivity index (χ0v) is 16.3. The number of aryl methyl sites for hydroxylation is 1. The van der Waals surface area contributed by atoms with Gasteiger partial charge in [-0.3, -0.25) is 9.59 Å². The average molecular weight is 360 g/mol. The molecule has 1 aliphatic rings. The molecule has 2 amide bonds. The van der Waals surface area contributed by atoms with Gasteiger partial charge in [0.2, 0.25) is 11.8 Å². The van der Waals surface area contributed by atoms with Gasteiger partial charge < -0.3 is 15.0 Å². The van der Waals surface area contributed by atoms with Crippen molar-refractivity contribution in [1.82, 2.24) is 5.32 Å². The fourth-order valence-electron chi connectivity index (χ4n) is 3.66. The third-order valence-electron chi connectivity index (χ3n) is 5.17. The molecular formula is C21H32N2O3. The Bertz CT molecular complexity index is 595. The van der Waals surface area contributed by atoms with Crippen LogP contribution in [0.2, 0.25) is 0 Å². The van der Waals surface area contributed by atoms with Gasteiger partial charge in [0.05, 0.1) is 0 Å². The minimum absolute atomic E-state index is 0.0213. The highest BCUT2D eigenvalue weighted by Gasteiger charge is 2.32. The summed E-state index contributed by atoms with van der Waals surface area (Å²) in [7, 11) is 1.66. The van der Waals surface area contributed by atoms with Gasteiger partial charge in [0.1, 0.15) is 0 Å². The summed E-state index contributed by atoms with van der Waals surface area (Å²) in [5.74, 6) is 0.374. The first-order valence-electron chi connectivity index (χ1n) is 9.71. The Morgan fingerprint density at radius 2 is 1.88 bits per heavy atom. The van der Waals surface area contributed by atoms with Gasteiger partial charge in [0.25, 0.3) is 0 Å². The van der Waals surface area contributed by atoms with Gasteiger partial charge in [0, 0.05) is 44.3 Å². The molecule has 5 heteroatoms. The number of nitrogens with one attached hydrogen (secondary N) is 1. The van der Waals surface area contributed by atoms with E-state index < -0.39 is 0 Å². The molecule has 26 heavy (non-hydrogen) atoms. The lowest BCUT2D eigenvalue weighted by molar-refractivity contribution is -0.129. The van der Waals surface area contributed by atoms with E-state index in [-0.39, 0.29) is 23.7 Å². The van der Waals surface area contributed by atoms with Crippen LogP contribution in [0.15, 0.2) is 24.3 Å². The number of rotatable bonds is 8. The minimum Gasteiger partial charge on any atom is -0.385 e. The van der Waals surface area contributed by atoms with E-state index in [1.807, 2.05) is 36.9 Å². The number of anilines is 1. The molecule has 0 radical (unpaired) electrons. The number of hydrogen-bond acceptors (Lipinski definition) is 3. The Morgan fingerprint density at radius 1 is 1.19 bits per heavy atom. The Balaban J connectivity index is 1.86. The molecule has 2 rings (SSSR count). The van der Waals surface area contributed by atoms with E-state index in [9.17, 15) is 9.59 Å². The van der Waals surface area contributed by atoms with E-state index in [1.165, 1.54) is 0 Å². The highest BCUT2D eigenvalue weighted by Crippen LogP contribution is 2.31. The molecule has 0 spiro atoms. The number of amides is 2. The minimum atomic E-state index is 0.0213. The molecule has 0 bridgehead atoms. The van der Waals surface area contributed by atoms with Crippen LogP contribution >= 0.6 is 0 Å². The maximum absolute atomic E-state index is 13.0. The molecule has 0 aromatic heterocycles. The number of hydrogen-bond donors (Lipinski definition) is 1. The zero-order chi connectivity index (χ0) is 18.9. The molecule has 1 aromatic rings. The molecule has 1 aliphatic carbocycles. The third kappa shape index (κ3) is 5.56. The quantitative estimate of drug-likeness (QED) is 0.724. The number of carbonyl (C=O) groups excluding carboxylic acids is 2. The standard InChI is InChI=1S/C21H32N2O3/c1-4-23(19-8-5-7-16(2)15-19)21(25)18-11-9-17(10-12-18)20(24)22-13-6-14-26-3/h5,7-8,15,17-18H,4,6,9-14H2,1-3H3,(H,22,24).